The number of rotatable bonds is 57. The number of nitrogens with one attached hydrogen (secondary N) is 1. The van der Waals surface area contributed by atoms with Crippen LogP contribution >= 0.6 is 0 Å². The SMILES string of the molecule is CCCCCCCCCCCCCCCCCCCCCCCCCCCC(O)C(CO)NC(=O)CCCCCCCCCCCCOC(=O)CCCCCCCCCCCCCCCC. The van der Waals surface area contributed by atoms with Crippen LogP contribution in [0.2, 0.25) is 0 Å². The number of unbranched alkanes of at least 4 members (excludes halogenated alkanes) is 46. The van der Waals surface area contributed by atoms with Crippen molar-refractivity contribution in [2.75, 3.05) is 13.2 Å². The second-order valence-corrected chi connectivity index (χ2v) is 21.1. The summed E-state index contributed by atoms with van der Waals surface area (Å²) in [5.41, 5.74) is 0. The average Bonchev–Trinajstić information content (AvgIpc) is 3.32. The van der Waals surface area contributed by atoms with Crippen molar-refractivity contribution in [1.82, 2.24) is 5.32 Å². The Bertz CT molecular complexity index is 944. The van der Waals surface area contributed by atoms with Crippen molar-refractivity contribution in [3.8, 4) is 0 Å². The first-order chi connectivity index (χ1) is 32.5. The number of hydrogen-bond acceptors (Lipinski definition) is 5. The first kappa shape index (κ1) is 64.9. The highest BCUT2D eigenvalue weighted by Crippen LogP contribution is 2.18. The minimum atomic E-state index is -0.679. The quantitative estimate of drug-likeness (QED) is 0.0417. The maximum atomic E-state index is 12.5. The molecule has 0 bridgehead atoms. The van der Waals surface area contributed by atoms with Crippen molar-refractivity contribution >= 4 is 11.9 Å². The summed E-state index contributed by atoms with van der Waals surface area (Å²) >= 11 is 0. The molecule has 66 heavy (non-hydrogen) atoms. The third-order valence-electron chi connectivity index (χ3n) is 14.4. The summed E-state index contributed by atoms with van der Waals surface area (Å²) in [6.45, 7) is 4.94. The third-order valence-corrected chi connectivity index (χ3v) is 14.4. The van der Waals surface area contributed by atoms with Crippen molar-refractivity contribution in [2.45, 2.75) is 360 Å². The zero-order valence-corrected chi connectivity index (χ0v) is 45.0. The molecule has 0 fully saturated rings. The molecule has 0 spiro atoms. The fourth-order valence-electron chi connectivity index (χ4n) is 9.76. The van der Waals surface area contributed by atoms with Gasteiger partial charge in [0.2, 0.25) is 5.91 Å². The fraction of sp³-hybridized carbons (Fsp3) is 0.967. The lowest BCUT2D eigenvalue weighted by Gasteiger charge is -2.22. The second-order valence-electron chi connectivity index (χ2n) is 21.1. The highest BCUT2D eigenvalue weighted by Gasteiger charge is 2.20. The molecule has 0 rings (SSSR count). The molecule has 0 aromatic rings. The summed E-state index contributed by atoms with van der Waals surface area (Å²) in [5.74, 6) is -0.0671. The number of amides is 1. The van der Waals surface area contributed by atoms with Crippen LogP contribution in [0.15, 0.2) is 0 Å². The van der Waals surface area contributed by atoms with Gasteiger partial charge in [-0.1, -0.05) is 309 Å². The number of aliphatic hydroxyl groups excluding tert-OH is 2. The zero-order chi connectivity index (χ0) is 47.9. The monoisotopic (exact) mass is 934 g/mol. The topological polar surface area (TPSA) is 95.9 Å². The summed E-state index contributed by atoms with van der Waals surface area (Å²) in [5, 5.41) is 23.4. The molecule has 1 amide bonds. The van der Waals surface area contributed by atoms with Gasteiger partial charge < -0.3 is 20.3 Å². The molecule has 2 atom stereocenters. The molecule has 3 N–H and O–H groups in total. The lowest BCUT2D eigenvalue weighted by molar-refractivity contribution is -0.143. The van der Waals surface area contributed by atoms with E-state index in [9.17, 15) is 19.8 Å². The standard InChI is InChI=1S/C60H119NO5/c1-3-5-7-9-11-13-15-17-19-20-21-22-23-24-25-26-27-28-29-30-32-36-40-44-48-52-58(63)57(56-62)61-59(64)53-49-45-41-37-34-35-39-43-47-51-55-66-60(65)54-50-46-42-38-33-31-18-16-14-12-10-8-6-4-2/h57-58,62-63H,3-56H2,1-2H3,(H,61,64). The van der Waals surface area contributed by atoms with Crippen molar-refractivity contribution in [2.24, 2.45) is 0 Å². The second kappa shape index (κ2) is 56.4. The molecule has 0 saturated carbocycles. The number of carbonyl (C=O) groups is 2. The maximum Gasteiger partial charge on any atom is 0.305 e. The highest BCUT2D eigenvalue weighted by atomic mass is 16.5. The van der Waals surface area contributed by atoms with Crippen LogP contribution in [0, 0.1) is 0 Å². The van der Waals surface area contributed by atoms with Gasteiger partial charge in [-0.2, -0.15) is 0 Å². The number of esters is 1. The number of carbonyl (C=O) groups excluding carboxylic acids is 2. The van der Waals surface area contributed by atoms with Crippen LogP contribution < -0.4 is 5.32 Å². The molecule has 0 heterocycles. The van der Waals surface area contributed by atoms with Gasteiger partial charge in [-0.3, -0.25) is 9.59 Å². The Hall–Kier alpha value is -1.14. The Morgan fingerprint density at radius 1 is 0.364 bits per heavy atom. The minimum absolute atomic E-state index is 0.0147. The Balaban J connectivity index is 3.44. The molecule has 0 aromatic heterocycles. The molecule has 0 aliphatic rings. The fourth-order valence-corrected chi connectivity index (χ4v) is 9.76. The van der Waals surface area contributed by atoms with Crippen molar-refractivity contribution in [3.05, 3.63) is 0 Å². The molecule has 0 radical (unpaired) electrons. The number of ether oxygens (including phenoxy) is 1. The summed E-state index contributed by atoms with van der Waals surface area (Å²) in [6.07, 6.45) is 65.3. The average molecular weight is 935 g/mol. The van der Waals surface area contributed by atoms with Crippen molar-refractivity contribution in [1.29, 1.82) is 0 Å². The summed E-state index contributed by atoms with van der Waals surface area (Å²) < 4.78 is 5.47. The predicted octanol–water partition coefficient (Wildman–Crippen LogP) is 18.7. The largest absolute Gasteiger partial charge is 0.466 e. The summed E-state index contributed by atoms with van der Waals surface area (Å²) in [4.78, 5) is 24.6. The minimum Gasteiger partial charge on any atom is -0.466 e. The number of aliphatic hydroxyl groups is 2. The lowest BCUT2D eigenvalue weighted by atomic mass is 10.0. The molecule has 0 saturated heterocycles. The van der Waals surface area contributed by atoms with Gasteiger partial charge in [0.25, 0.3) is 0 Å². The van der Waals surface area contributed by atoms with E-state index in [-0.39, 0.29) is 18.5 Å². The van der Waals surface area contributed by atoms with Gasteiger partial charge in [-0.15, -0.1) is 0 Å². The van der Waals surface area contributed by atoms with E-state index < -0.39 is 12.1 Å². The first-order valence-corrected chi connectivity index (χ1v) is 30.3. The lowest BCUT2D eigenvalue weighted by Crippen LogP contribution is -2.45. The highest BCUT2D eigenvalue weighted by molar-refractivity contribution is 5.76. The molecular formula is C60H119NO5. The van der Waals surface area contributed by atoms with E-state index in [0.717, 1.165) is 57.8 Å². The van der Waals surface area contributed by atoms with Gasteiger partial charge in [0.1, 0.15) is 0 Å². The Labute approximate surface area is 413 Å². The summed E-state index contributed by atoms with van der Waals surface area (Å²) in [6, 6.07) is -0.558. The van der Waals surface area contributed by atoms with Gasteiger partial charge in [0.15, 0.2) is 0 Å². The van der Waals surface area contributed by atoms with Crippen molar-refractivity contribution in [3.63, 3.8) is 0 Å². The van der Waals surface area contributed by atoms with Gasteiger partial charge in [-0.25, -0.2) is 0 Å². The molecular weight excluding hydrogens is 815 g/mol. The van der Waals surface area contributed by atoms with Crippen LogP contribution in [-0.4, -0.2) is 47.4 Å². The van der Waals surface area contributed by atoms with Gasteiger partial charge in [0, 0.05) is 12.8 Å². The van der Waals surface area contributed by atoms with Gasteiger partial charge in [0.05, 0.1) is 25.4 Å². The van der Waals surface area contributed by atoms with E-state index in [4.69, 9.17) is 4.74 Å². The smallest absolute Gasteiger partial charge is 0.305 e. The first-order valence-electron chi connectivity index (χ1n) is 30.3. The molecule has 2 unspecified atom stereocenters. The molecule has 0 aromatic carbocycles. The Morgan fingerprint density at radius 2 is 0.621 bits per heavy atom. The van der Waals surface area contributed by atoms with Crippen LogP contribution in [0.5, 0.6) is 0 Å². The predicted molar refractivity (Wildman–Crippen MR) is 287 cm³/mol. The molecule has 394 valence electrons. The van der Waals surface area contributed by atoms with E-state index >= 15 is 0 Å². The van der Waals surface area contributed by atoms with E-state index in [1.165, 1.54) is 257 Å². The van der Waals surface area contributed by atoms with E-state index in [0.29, 0.717) is 25.9 Å². The molecule has 0 aliphatic heterocycles. The van der Waals surface area contributed by atoms with Crippen molar-refractivity contribution < 1.29 is 24.5 Å². The Kier molecular flexibility index (Phi) is 55.5. The van der Waals surface area contributed by atoms with E-state index in [2.05, 4.69) is 19.2 Å². The molecule has 6 nitrogen and oxygen atoms in total. The normalized spacial score (nSPS) is 12.5. The zero-order valence-electron chi connectivity index (χ0n) is 45.0. The van der Waals surface area contributed by atoms with Crippen LogP contribution in [0.3, 0.4) is 0 Å². The maximum absolute atomic E-state index is 12.5. The van der Waals surface area contributed by atoms with Crippen LogP contribution in [0.4, 0.5) is 0 Å². The van der Waals surface area contributed by atoms with Crippen LogP contribution in [0.1, 0.15) is 348 Å². The summed E-state index contributed by atoms with van der Waals surface area (Å²) in [7, 11) is 0. The third kappa shape index (κ3) is 52.2. The van der Waals surface area contributed by atoms with E-state index in [1.54, 1.807) is 0 Å². The van der Waals surface area contributed by atoms with Gasteiger partial charge >= 0.3 is 5.97 Å². The van der Waals surface area contributed by atoms with Crippen LogP contribution in [-0.2, 0) is 14.3 Å². The van der Waals surface area contributed by atoms with E-state index in [1.807, 2.05) is 0 Å². The van der Waals surface area contributed by atoms with Crippen LogP contribution in [0.25, 0.3) is 0 Å². The molecule has 0 aliphatic carbocycles. The number of hydrogen-bond donors (Lipinski definition) is 3. The van der Waals surface area contributed by atoms with Gasteiger partial charge in [-0.05, 0) is 25.7 Å². The Morgan fingerprint density at radius 3 is 0.924 bits per heavy atom. The molecule has 6 heteroatoms.